The Balaban J connectivity index is 2.00. The van der Waals surface area contributed by atoms with Crippen LogP contribution in [-0.2, 0) is 0 Å². The van der Waals surface area contributed by atoms with Gasteiger partial charge in [0.2, 0.25) is 0 Å². The molecule has 0 saturated heterocycles. The lowest BCUT2D eigenvalue weighted by molar-refractivity contribution is 0.0945. The third-order valence-electron chi connectivity index (χ3n) is 2.57. The van der Waals surface area contributed by atoms with Crippen LogP contribution in [0, 0.1) is 12.3 Å². The first-order valence-electron chi connectivity index (χ1n) is 5.87. The number of hydrogen-bond donors (Lipinski definition) is 3. The quantitative estimate of drug-likeness (QED) is 0.703. The van der Waals surface area contributed by atoms with E-state index in [1.54, 1.807) is 0 Å². The van der Waals surface area contributed by atoms with Crippen LogP contribution in [0.3, 0.4) is 0 Å². The third kappa shape index (κ3) is 3.14. The Labute approximate surface area is 110 Å². The average molecular weight is 264 g/mol. The molecule has 0 spiro atoms. The molecule has 2 rings (SSSR count). The lowest BCUT2D eigenvalue weighted by Gasteiger charge is -2.09. The number of carbonyl (C=O) groups excluding carboxylic acids is 1. The number of nitrogens with zero attached hydrogens (tertiary/aromatic N) is 1. The van der Waals surface area contributed by atoms with Crippen molar-refractivity contribution in [3.63, 3.8) is 0 Å². The molecular weight excluding hydrogens is 248 g/mol. The predicted molar refractivity (Wildman–Crippen MR) is 73.5 cm³/mol. The van der Waals surface area contributed by atoms with Gasteiger partial charge in [-0.1, -0.05) is 11.3 Å². The maximum Gasteiger partial charge on any atom is 0.265 e. The van der Waals surface area contributed by atoms with Gasteiger partial charge in [0.25, 0.3) is 5.91 Å². The number of hydrogen-bond acceptors (Lipinski definition) is 5. The maximum absolute atomic E-state index is 11.9. The van der Waals surface area contributed by atoms with E-state index in [1.807, 2.05) is 6.92 Å². The van der Waals surface area contributed by atoms with Crippen LogP contribution in [0.1, 0.15) is 35.9 Å². The molecule has 1 aliphatic carbocycles. The second kappa shape index (κ2) is 5.27. The Morgan fingerprint density at radius 3 is 3.06 bits per heavy atom. The molecule has 1 fully saturated rings. The zero-order valence-corrected chi connectivity index (χ0v) is 11.0. The molecule has 96 valence electrons. The van der Waals surface area contributed by atoms with E-state index in [1.165, 1.54) is 11.3 Å². The summed E-state index contributed by atoms with van der Waals surface area (Å²) in [4.78, 5) is 16.5. The summed E-state index contributed by atoms with van der Waals surface area (Å²) in [6.07, 6.45) is 8.00. The Kier molecular flexibility index (Phi) is 3.72. The van der Waals surface area contributed by atoms with Crippen molar-refractivity contribution in [3.05, 3.63) is 4.88 Å². The Morgan fingerprint density at radius 1 is 1.72 bits per heavy atom. The number of rotatable bonds is 5. The number of aromatic nitrogens is 1. The van der Waals surface area contributed by atoms with Gasteiger partial charge in [0.15, 0.2) is 5.13 Å². The number of anilines is 2. The average Bonchev–Trinajstić information content (AvgIpc) is 3.01. The molecule has 18 heavy (non-hydrogen) atoms. The minimum absolute atomic E-state index is 0.0659. The molecule has 0 bridgehead atoms. The first kappa shape index (κ1) is 12.7. The summed E-state index contributed by atoms with van der Waals surface area (Å²) in [7, 11) is 0. The van der Waals surface area contributed by atoms with Crippen molar-refractivity contribution < 1.29 is 4.79 Å². The number of nitrogens with two attached hydrogens (primary N) is 1. The monoisotopic (exact) mass is 264 g/mol. The van der Waals surface area contributed by atoms with Crippen LogP contribution >= 0.6 is 11.3 Å². The lowest BCUT2D eigenvalue weighted by atomic mass is 10.2. The van der Waals surface area contributed by atoms with Crippen LogP contribution in [-0.4, -0.2) is 23.0 Å². The van der Waals surface area contributed by atoms with Gasteiger partial charge in [-0.3, -0.25) is 4.79 Å². The van der Waals surface area contributed by atoms with Gasteiger partial charge in [-0.15, -0.1) is 12.3 Å². The summed E-state index contributed by atoms with van der Waals surface area (Å²) in [5.41, 5.74) is 5.75. The van der Waals surface area contributed by atoms with Gasteiger partial charge >= 0.3 is 0 Å². The molecule has 1 atom stereocenters. The van der Waals surface area contributed by atoms with Gasteiger partial charge in [0.1, 0.15) is 10.7 Å². The minimum Gasteiger partial charge on any atom is -0.382 e. The summed E-state index contributed by atoms with van der Waals surface area (Å²) in [5, 5.41) is 6.74. The third-order valence-corrected chi connectivity index (χ3v) is 3.57. The molecule has 1 aromatic rings. The molecule has 1 saturated carbocycles. The van der Waals surface area contributed by atoms with Crippen LogP contribution in [0.15, 0.2) is 0 Å². The van der Waals surface area contributed by atoms with E-state index in [0.717, 1.165) is 12.8 Å². The number of thiazole rings is 1. The summed E-state index contributed by atoms with van der Waals surface area (Å²) in [6.45, 7) is 1.86. The van der Waals surface area contributed by atoms with Crippen molar-refractivity contribution in [1.82, 2.24) is 10.3 Å². The van der Waals surface area contributed by atoms with E-state index in [-0.39, 0.29) is 17.8 Å². The fourth-order valence-corrected chi connectivity index (χ4v) is 2.34. The second-order valence-electron chi connectivity index (χ2n) is 4.43. The standard InChI is InChI=1S/C12H16N4OS/c1-3-4-7(2)14-11(17)9-10(13)16-12(18-9)15-8-5-6-8/h1,7-8H,4-6,13H2,2H3,(H,14,17)(H,15,16). The molecule has 1 unspecified atom stereocenters. The summed E-state index contributed by atoms with van der Waals surface area (Å²) >= 11 is 1.29. The fourth-order valence-electron chi connectivity index (χ4n) is 1.48. The fraction of sp³-hybridized carbons (Fsp3) is 0.500. The van der Waals surface area contributed by atoms with Gasteiger partial charge in [-0.05, 0) is 19.8 Å². The van der Waals surface area contributed by atoms with E-state index in [9.17, 15) is 4.79 Å². The van der Waals surface area contributed by atoms with Crippen LogP contribution in [0.4, 0.5) is 10.9 Å². The van der Waals surface area contributed by atoms with Crippen molar-refractivity contribution in [2.45, 2.75) is 38.3 Å². The number of nitrogens with one attached hydrogen (secondary N) is 2. The largest absolute Gasteiger partial charge is 0.382 e. The van der Waals surface area contributed by atoms with Crippen molar-refractivity contribution in [2.24, 2.45) is 0 Å². The topological polar surface area (TPSA) is 80.0 Å². The zero-order chi connectivity index (χ0) is 13.1. The molecule has 1 aliphatic rings. The summed E-state index contributed by atoms with van der Waals surface area (Å²) < 4.78 is 0. The van der Waals surface area contributed by atoms with Crippen molar-refractivity contribution >= 4 is 28.2 Å². The van der Waals surface area contributed by atoms with Crippen LogP contribution in [0.25, 0.3) is 0 Å². The number of terminal acetylenes is 1. The molecule has 0 aliphatic heterocycles. The van der Waals surface area contributed by atoms with Crippen LogP contribution in [0.2, 0.25) is 0 Å². The highest BCUT2D eigenvalue weighted by atomic mass is 32.1. The SMILES string of the molecule is C#CCC(C)NC(=O)c1sc(NC2CC2)nc1N. The van der Waals surface area contributed by atoms with E-state index >= 15 is 0 Å². The first-order chi connectivity index (χ1) is 8.60. The van der Waals surface area contributed by atoms with Crippen LogP contribution in [0.5, 0.6) is 0 Å². The smallest absolute Gasteiger partial charge is 0.265 e. The molecule has 5 nitrogen and oxygen atoms in total. The molecular formula is C12H16N4OS. The Morgan fingerprint density at radius 2 is 2.44 bits per heavy atom. The second-order valence-corrected chi connectivity index (χ2v) is 5.43. The molecule has 4 N–H and O–H groups in total. The summed E-state index contributed by atoms with van der Waals surface area (Å²) in [5.74, 6) is 2.57. The number of carbonyl (C=O) groups is 1. The number of nitrogen functional groups attached to an aromatic ring is 1. The molecule has 1 aromatic heterocycles. The molecule has 1 heterocycles. The van der Waals surface area contributed by atoms with E-state index in [0.29, 0.717) is 22.5 Å². The van der Waals surface area contributed by atoms with Crippen LogP contribution < -0.4 is 16.4 Å². The normalized spacial score (nSPS) is 15.8. The summed E-state index contributed by atoms with van der Waals surface area (Å²) in [6, 6.07) is 0.427. The highest BCUT2D eigenvalue weighted by Gasteiger charge is 2.24. The molecule has 6 heteroatoms. The number of amides is 1. The van der Waals surface area contributed by atoms with Crippen molar-refractivity contribution in [1.29, 1.82) is 0 Å². The van der Waals surface area contributed by atoms with Crippen molar-refractivity contribution in [2.75, 3.05) is 11.1 Å². The minimum atomic E-state index is -0.211. The molecule has 0 radical (unpaired) electrons. The predicted octanol–water partition coefficient (Wildman–Crippen LogP) is 1.44. The first-order valence-corrected chi connectivity index (χ1v) is 6.69. The molecule has 0 aromatic carbocycles. The van der Waals surface area contributed by atoms with E-state index in [4.69, 9.17) is 12.2 Å². The Bertz CT molecular complexity index is 487. The van der Waals surface area contributed by atoms with E-state index < -0.39 is 0 Å². The maximum atomic E-state index is 11.9. The van der Waals surface area contributed by atoms with E-state index in [2.05, 4.69) is 21.5 Å². The highest BCUT2D eigenvalue weighted by Crippen LogP contribution is 2.30. The Hall–Kier alpha value is -1.74. The zero-order valence-electron chi connectivity index (χ0n) is 10.2. The van der Waals surface area contributed by atoms with Gasteiger partial charge in [-0.25, -0.2) is 4.98 Å². The van der Waals surface area contributed by atoms with Crippen molar-refractivity contribution in [3.8, 4) is 12.3 Å². The molecule has 1 amide bonds. The lowest BCUT2D eigenvalue weighted by Crippen LogP contribution is -2.32. The van der Waals surface area contributed by atoms with Gasteiger partial charge in [0, 0.05) is 18.5 Å². The van der Waals surface area contributed by atoms with Gasteiger partial charge < -0.3 is 16.4 Å². The van der Waals surface area contributed by atoms with Gasteiger partial charge in [0.05, 0.1) is 0 Å². The van der Waals surface area contributed by atoms with Gasteiger partial charge in [-0.2, -0.15) is 0 Å². The highest BCUT2D eigenvalue weighted by molar-refractivity contribution is 7.18.